The van der Waals surface area contributed by atoms with Gasteiger partial charge in [0.25, 0.3) is 0 Å². The Morgan fingerprint density at radius 3 is 2.29 bits per heavy atom. The Bertz CT molecular complexity index is 1170. The molecule has 0 aliphatic rings. The van der Waals surface area contributed by atoms with E-state index >= 15 is 0 Å². The third kappa shape index (κ3) is 7.30. The van der Waals surface area contributed by atoms with E-state index in [0.717, 1.165) is 12.0 Å². The number of ether oxygens (including phenoxy) is 2. The van der Waals surface area contributed by atoms with Gasteiger partial charge in [0.15, 0.2) is 0 Å². The Morgan fingerprint density at radius 1 is 0.912 bits per heavy atom. The lowest BCUT2D eigenvalue weighted by molar-refractivity contribution is -0.136. The van der Waals surface area contributed by atoms with E-state index in [1.807, 2.05) is 19.9 Å². The van der Waals surface area contributed by atoms with Gasteiger partial charge < -0.3 is 14.8 Å². The van der Waals surface area contributed by atoms with E-state index in [2.05, 4.69) is 15.8 Å². The highest BCUT2D eigenvalue weighted by Crippen LogP contribution is 2.16. The minimum Gasteiger partial charge on any atom is -0.494 e. The molecule has 3 aromatic rings. The molecule has 2 N–H and O–H groups in total. The highest BCUT2D eigenvalue weighted by Gasteiger charge is 2.13. The molecule has 0 spiro atoms. The molecule has 0 saturated heterocycles. The lowest BCUT2D eigenvalue weighted by atomic mass is 10.2. The molecule has 0 aliphatic carbocycles. The fourth-order valence-electron chi connectivity index (χ4n) is 2.82. The Balaban J connectivity index is 1.48. The van der Waals surface area contributed by atoms with E-state index in [4.69, 9.17) is 9.47 Å². The third-order valence-electron chi connectivity index (χ3n) is 4.52. The monoisotopic (exact) mass is 459 g/mol. The second-order valence-corrected chi connectivity index (χ2v) is 7.35. The molecule has 174 valence electrons. The van der Waals surface area contributed by atoms with Crippen LogP contribution < -0.4 is 20.2 Å². The Morgan fingerprint density at radius 2 is 1.62 bits per heavy atom. The van der Waals surface area contributed by atoms with Gasteiger partial charge in [0.1, 0.15) is 11.5 Å². The smallest absolute Gasteiger partial charge is 0.343 e. The van der Waals surface area contributed by atoms with Crippen molar-refractivity contribution in [2.45, 2.75) is 20.3 Å². The van der Waals surface area contributed by atoms with Gasteiger partial charge in [-0.2, -0.15) is 5.10 Å². The van der Waals surface area contributed by atoms with Crippen molar-refractivity contribution < 1.29 is 23.9 Å². The van der Waals surface area contributed by atoms with E-state index in [1.165, 1.54) is 6.21 Å². The molecule has 0 aliphatic heterocycles. The molecule has 3 aromatic carbocycles. The molecule has 0 atom stereocenters. The van der Waals surface area contributed by atoms with Crippen molar-refractivity contribution in [2.24, 2.45) is 5.10 Å². The fraction of sp³-hybridized carbons (Fsp3) is 0.154. The summed E-state index contributed by atoms with van der Waals surface area (Å²) >= 11 is 0. The number of amides is 2. The summed E-state index contributed by atoms with van der Waals surface area (Å²) in [6.45, 7) is 4.52. The molecule has 0 radical (unpaired) electrons. The maximum absolute atomic E-state index is 12.3. The molecule has 0 bridgehead atoms. The molecular formula is C26H25N3O5. The maximum Gasteiger partial charge on any atom is 0.343 e. The van der Waals surface area contributed by atoms with Gasteiger partial charge in [0, 0.05) is 5.69 Å². The number of rotatable bonds is 8. The predicted molar refractivity (Wildman–Crippen MR) is 129 cm³/mol. The number of benzene rings is 3. The third-order valence-corrected chi connectivity index (χ3v) is 4.52. The van der Waals surface area contributed by atoms with Crippen LogP contribution in [0.4, 0.5) is 5.69 Å². The first kappa shape index (κ1) is 24.2. The van der Waals surface area contributed by atoms with Gasteiger partial charge in [-0.3, -0.25) is 9.59 Å². The number of aryl methyl sites for hydroxylation is 1. The van der Waals surface area contributed by atoms with Gasteiger partial charge >= 0.3 is 17.8 Å². The quantitative estimate of drug-likeness (QED) is 0.174. The number of nitrogens with one attached hydrogen (secondary N) is 2. The van der Waals surface area contributed by atoms with Crippen LogP contribution in [0.2, 0.25) is 0 Å². The highest BCUT2D eigenvalue weighted by atomic mass is 16.5. The number of hydrogen-bond donors (Lipinski definition) is 2. The maximum atomic E-state index is 12.3. The van der Waals surface area contributed by atoms with Crippen molar-refractivity contribution >= 4 is 29.7 Å². The van der Waals surface area contributed by atoms with E-state index in [1.54, 1.807) is 66.7 Å². The van der Waals surface area contributed by atoms with Crippen LogP contribution in [0.3, 0.4) is 0 Å². The summed E-state index contributed by atoms with van der Waals surface area (Å²) in [5.41, 5.74) is 4.70. The molecule has 3 rings (SSSR count). The van der Waals surface area contributed by atoms with Crippen LogP contribution in [-0.2, 0) is 9.59 Å². The van der Waals surface area contributed by atoms with Gasteiger partial charge in [-0.05, 0) is 85.1 Å². The number of anilines is 1. The first-order valence-corrected chi connectivity index (χ1v) is 10.7. The predicted octanol–water partition coefficient (Wildman–Crippen LogP) is 4.09. The average molecular weight is 460 g/mol. The van der Waals surface area contributed by atoms with Crippen LogP contribution in [0, 0.1) is 6.92 Å². The van der Waals surface area contributed by atoms with Crippen LogP contribution in [0.15, 0.2) is 77.9 Å². The van der Waals surface area contributed by atoms with Crippen LogP contribution in [0.1, 0.15) is 34.8 Å². The van der Waals surface area contributed by atoms with Crippen molar-refractivity contribution in [2.75, 3.05) is 11.9 Å². The summed E-state index contributed by atoms with van der Waals surface area (Å²) in [4.78, 5) is 36.2. The zero-order valence-corrected chi connectivity index (χ0v) is 18.9. The average Bonchev–Trinajstić information content (AvgIpc) is 2.84. The normalized spacial score (nSPS) is 10.5. The minimum absolute atomic E-state index is 0.357. The van der Waals surface area contributed by atoms with Crippen LogP contribution >= 0.6 is 0 Å². The van der Waals surface area contributed by atoms with Gasteiger partial charge in [-0.25, -0.2) is 10.2 Å². The van der Waals surface area contributed by atoms with Gasteiger partial charge in [-0.15, -0.1) is 0 Å². The van der Waals surface area contributed by atoms with Crippen molar-refractivity contribution in [1.29, 1.82) is 0 Å². The van der Waals surface area contributed by atoms with Crippen LogP contribution in [0.5, 0.6) is 11.5 Å². The SMILES string of the molecule is CCCOc1ccc(C(=O)Oc2ccc(/C=N/NC(=O)C(=O)Nc3cccc(C)c3)cc2)cc1. The molecule has 34 heavy (non-hydrogen) atoms. The zero-order valence-electron chi connectivity index (χ0n) is 18.9. The topological polar surface area (TPSA) is 106 Å². The van der Waals surface area contributed by atoms with Crippen LogP contribution in [-0.4, -0.2) is 30.6 Å². The summed E-state index contributed by atoms with van der Waals surface area (Å²) in [5, 5.41) is 6.29. The first-order valence-electron chi connectivity index (χ1n) is 10.7. The Kier molecular flexibility index (Phi) is 8.51. The molecule has 2 amide bonds. The number of esters is 1. The van der Waals surface area contributed by atoms with Crippen molar-refractivity contribution in [3.63, 3.8) is 0 Å². The number of carbonyl (C=O) groups is 3. The lowest BCUT2D eigenvalue weighted by Crippen LogP contribution is -2.32. The van der Waals surface area contributed by atoms with E-state index in [-0.39, 0.29) is 0 Å². The van der Waals surface area contributed by atoms with Crippen molar-refractivity contribution in [1.82, 2.24) is 5.43 Å². The molecule has 0 aromatic heterocycles. The summed E-state index contributed by atoms with van der Waals surface area (Å²) in [5.74, 6) is -1.16. The molecule has 0 fully saturated rings. The highest BCUT2D eigenvalue weighted by molar-refractivity contribution is 6.39. The van der Waals surface area contributed by atoms with Crippen molar-refractivity contribution in [3.05, 3.63) is 89.5 Å². The molecular weight excluding hydrogens is 434 g/mol. The summed E-state index contributed by atoms with van der Waals surface area (Å²) < 4.78 is 10.9. The number of hydrogen-bond acceptors (Lipinski definition) is 6. The fourth-order valence-corrected chi connectivity index (χ4v) is 2.82. The van der Waals surface area contributed by atoms with Gasteiger partial charge in [-0.1, -0.05) is 19.1 Å². The first-order chi connectivity index (χ1) is 16.4. The molecule has 0 saturated carbocycles. The van der Waals surface area contributed by atoms with E-state index in [9.17, 15) is 14.4 Å². The molecule has 8 heteroatoms. The van der Waals surface area contributed by atoms with Crippen LogP contribution in [0.25, 0.3) is 0 Å². The Labute approximate surface area is 197 Å². The molecule has 0 unspecified atom stereocenters. The summed E-state index contributed by atoms with van der Waals surface area (Å²) in [6, 6.07) is 20.4. The number of hydrazone groups is 1. The Hall–Kier alpha value is -4.46. The second-order valence-electron chi connectivity index (χ2n) is 7.35. The lowest BCUT2D eigenvalue weighted by Gasteiger charge is -2.07. The molecule has 8 nitrogen and oxygen atoms in total. The summed E-state index contributed by atoms with van der Waals surface area (Å²) in [7, 11) is 0. The standard InChI is InChI=1S/C26H25N3O5/c1-3-15-33-22-13-9-20(10-14-22)26(32)34-23-11-7-19(8-12-23)17-27-29-25(31)24(30)28-21-6-4-5-18(2)16-21/h4-14,16-17H,3,15H2,1-2H3,(H,28,30)(H,29,31)/b27-17+. The van der Waals surface area contributed by atoms with E-state index in [0.29, 0.717) is 34.9 Å². The minimum atomic E-state index is -0.894. The van der Waals surface area contributed by atoms with Crippen molar-refractivity contribution in [3.8, 4) is 11.5 Å². The largest absolute Gasteiger partial charge is 0.494 e. The summed E-state index contributed by atoms with van der Waals surface area (Å²) in [6.07, 6.45) is 2.28. The van der Waals surface area contributed by atoms with E-state index < -0.39 is 17.8 Å². The molecule has 0 heterocycles. The number of nitrogens with zero attached hydrogens (tertiary/aromatic N) is 1. The van der Waals surface area contributed by atoms with Gasteiger partial charge in [0.2, 0.25) is 0 Å². The zero-order chi connectivity index (χ0) is 24.3. The second kappa shape index (κ2) is 12.0. The van der Waals surface area contributed by atoms with Gasteiger partial charge in [0.05, 0.1) is 18.4 Å². The number of carbonyl (C=O) groups excluding carboxylic acids is 3.